The van der Waals surface area contributed by atoms with E-state index in [-0.39, 0.29) is 5.69 Å². The van der Waals surface area contributed by atoms with E-state index in [4.69, 9.17) is 23.2 Å². The van der Waals surface area contributed by atoms with E-state index in [1.807, 2.05) is 0 Å². The fourth-order valence-electron chi connectivity index (χ4n) is 2.69. The van der Waals surface area contributed by atoms with Crippen LogP contribution in [-0.4, -0.2) is 20.9 Å². The van der Waals surface area contributed by atoms with Crippen molar-refractivity contribution < 1.29 is 9.90 Å². The van der Waals surface area contributed by atoms with E-state index in [0.717, 1.165) is 41.4 Å². The maximum absolute atomic E-state index is 11.4. The molecule has 0 atom stereocenters. The predicted octanol–water partition coefficient (Wildman–Crippen LogP) is 4.52. The Morgan fingerprint density at radius 3 is 2.48 bits per heavy atom. The molecule has 21 heavy (non-hydrogen) atoms. The minimum Gasteiger partial charge on any atom is -0.476 e. The zero-order valence-corrected chi connectivity index (χ0v) is 14.0. The lowest BCUT2D eigenvalue weighted by atomic mass is 9.95. The summed E-state index contributed by atoms with van der Waals surface area (Å²) in [6, 6.07) is 3.44. The number of halogens is 3. The molecule has 1 aliphatic rings. The Balaban J connectivity index is 2.26. The molecule has 0 unspecified atom stereocenters. The van der Waals surface area contributed by atoms with Gasteiger partial charge in [0.05, 0.1) is 10.0 Å². The highest BCUT2D eigenvalue weighted by Crippen LogP contribution is 2.35. The third kappa shape index (κ3) is 2.58. The first-order chi connectivity index (χ1) is 9.99. The molecule has 1 N–H and O–H groups in total. The molecule has 0 fully saturated rings. The van der Waals surface area contributed by atoms with Gasteiger partial charge in [-0.2, -0.15) is 5.10 Å². The van der Waals surface area contributed by atoms with Crippen molar-refractivity contribution in [2.75, 3.05) is 0 Å². The molecule has 7 heteroatoms. The lowest BCUT2D eigenvalue weighted by Crippen LogP contribution is -2.09. The molecule has 1 aliphatic carbocycles. The third-order valence-corrected chi connectivity index (χ3v) is 4.61. The van der Waals surface area contributed by atoms with E-state index in [9.17, 15) is 9.90 Å². The van der Waals surface area contributed by atoms with E-state index < -0.39 is 5.97 Å². The molecule has 1 heterocycles. The molecule has 1 aromatic heterocycles. The maximum Gasteiger partial charge on any atom is 0.356 e. The quantitative estimate of drug-likeness (QED) is 0.821. The van der Waals surface area contributed by atoms with Crippen LogP contribution >= 0.6 is 39.1 Å². The van der Waals surface area contributed by atoms with Gasteiger partial charge in [0, 0.05) is 15.7 Å². The van der Waals surface area contributed by atoms with Crippen molar-refractivity contribution in [3.63, 3.8) is 0 Å². The van der Waals surface area contributed by atoms with Crippen LogP contribution < -0.4 is 0 Å². The van der Waals surface area contributed by atoms with Crippen LogP contribution in [0.25, 0.3) is 5.69 Å². The Hall–Kier alpha value is -1.04. The summed E-state index contributed by atoms with van der Waals surface area (Å²) < 4.78 is 2.36. The van der Waals surface area contributed by atoms with Crippen LogP contribution in [0.1, 0.15) is 34.6 Å². The highest BCUT2D eigenvalue weighted by Gasteiger charge is 2.26. The van der Waals surface area contributed by atoms with Gasteiger partial charge in [-0.1, -0.05) is 39.1 Å². The van der Waals surface area contributed by atoms with E-state index in [2.05, 4.69) is 21.0 Å². The summed E-state index contributed by atoms with van der Waals surface area (Å²) in [6.07, 6.45) is 3.48. The monoisotopic (exact) mass is 388 g/mol. The van der Waals surface area contributed by atoms with Gasteiger partial charge in [0.15, 0.2) is 5.69 Å². The molecule has 0 aliphatic heterocycles. The van der Waals surface area contributed by atoms with Gasteiger partial charge < -0.3 is 5.11 Å². The summed E-state index contributed by atoms with van der Waals surface area (Å²) in [5.41, 5.74) is 2.32. The highest BCUT2D eigenvalue weighted by atomic mass is 79.9. The first-order valence-electron chi connectivity index (χ1n) is 6.48. The molecule has 0 radical (unpaired) electrons. The number of benzene rings is 1. The maximum atomic E-state index is 11.4. The van der Waals surface area contributed by atoms with Crippen molar-refractivity contribution in [2.24, 2.45) is 0 Å². The fourth-order valence-corrected chi connectivity index (χ4v) is 4.06. The second-order valence-electron chi connectivity index (χ2n) is 4.92. The fraction of sp³-hybridized carbons (Fsp3) is 0.286. The van der Waals surface area contributed by atoms with Gasteiger partial charge in [0.2, 0.25) is 0 Å². The van der Waals surface area contributed by atoms with Gasteiger partial charge in [-0.3, -0.25) is 0 Å². The van der Waals surface area contributed by atoms with Gasteiger partial charge in [-0.15, -0.1) is 0 Å². The average molecular weight is 390 g/mol. The predicted molar refractivity (Wildman–Crippen MR) is 84.9 cm³/mol. The lowest BCUT2D eigenvalue weighted by molar-refractivity contribution is 0.0688. The number of carboxylic acid groups (broad SMARTS) is 1. The van der Waals surface area contributed by atoms with Gasteiger partial charge in [0.25, 0.3) is 0 Å². The Morgan fingerprint density at radius 1 is 1.24 bits per heavy atom. The van der Waals surface area contributed by atoms with Crippen molar-refractivity contribution in [1.29, 1.82) is 0 Å². The Bertz CT molecular complexity index is 720. The molecule has 4 nitrogen and oxygen atoms in total. The van der Waals surface area contributed by atoms with Crippen molar-refractivity contribution >= 4 is 45.1 Å². The summed E-state index contributed by atoms with van der Waals surface area (Å²) in [5.74, 6) is -1.02. The Labute approximate surface area is 139 Å². The zero-order chi connectivity index (χ0) is 15.1. The number of nitrogens with zero attached hydrogens (tertiary/aromatic N) is 2. The second-order valence-corrected chi connectivity index (χ2v) is 6.65. The van der Waals surface area contributed by atoms with Crippen LogP contribution in [0.15, 0.2) is 16.6 Å². The van der Waals surface area contributed by atoms with Crippen molar-refractivity contribution in [3.05, 3.63) is 43.6 Å². The van der Waals surface area contributed by atoms with E-state index in [1.165, 1.54) is 0 Å². The standard InChI is InChI=1S/C14H11BrCl2N2O2/c15-7-5-9(16)13(10(17)6-7)19-11-4-2-1-3-8(11)12(18-19)14(20)21/h5-6H,1-4H2,(H,20,21). The van der Waals surface area contributed by atoms with Crippen molar-refractivity contribution in [3.8, 4) is 5.69 Å². The molecule has 3 rings (SSSR count). The number of carboxylic acids is 1. The summed E-state index contributed by atoms with van der Waals surface area (Å²) in [4.78, 5) is 11.4. The first-order valence-corrected chi connectivity index (χ1v) is 8.03. The normalized spacial score (nSPS) is 14.0. The summed E-state index contributed by atoms with van der Waals surface area (Å²) >= 11 is 15.9. The molecule has 0 spiro atoms. The van der Waals surface area contributed by atoms with Gasteiger partial charge in [0.1, 0.15) is 5.69 Å². The number of rotatable bonds is 2. The number of carbonyl (C=O) groups is 1. The topological polar surface area (TPSA) is 55.1 Å². The van der Waals surface area contributed by atoms with E-state index in [1.54, 1.807) is 16.8 Å². The van der Waals surface area contributed by atoms with Crippen molar-refractivity contribution in [1.82, 2.24) is 9.78 Å². The molecule has 110 valence electrons. The van der Waals surface area contributed by atoms with Crippen LogP contribution in [0, 0.1) is 0 Å². The van der Waals surface area contributed by atoms with Crippen LogP contribution in [0.2, 0.25) is 10.0 Å². The Kier molecular flexibility index (Phi) is 3.99. The summed E-state index contributed by atoms with van der Waals surface area (Å²) in [7, 11) is 0. The molecule has 0 bridgehead atoms. The van der Waals surface area contributed by atoms with Gasteiger partial charge >= 0.3 is 5.97 Å². The lowest BCUT2D eigenvalue weighted by Gasteiger charge is -2.15. The molecular weight excluding hydrogens is 379 g/mol. The zero-order valence-electron chi connectivity index (χ0n) is 10.9. The number of hydrogen-bond acceptors (Lipinski definition) is 2. The van der Waals surface area contributed by atoms with Crippen molar-refractivity contribution in [2.45, 2.75) is 25.7 Å². The van der Waals surface area contributed by atoms with Crippen LogP contribution in [0.4, 0.5) is 0 Å². The largest absolute Gasteiger partial charge is 0.476 e. The first kappa shape index (κ1) is 14.9. The van der Waals surface area contributed by atoms with Gasteiger partial charge in [-0.25, -0.2) is 9.48 Å². The molecule has 0 amide bonds. The summed E-state index contributed by atoms with van der Waals surface area (Å²) in [5, 5.41) is 14.4. The second kappa shape index (κ2) is 5.63. The van der Waals surface area contributed by atoms with Crippen LogP contribution in [0.3, 0.4) is 0 Å². The Morgan fingerprint density at radius 2 is 1.86 bits per heavy atom. The number of aromatic nitrogens is 2. The number of hydrogen-bond donors (Lipinski definition) is 1. The molecule has 2 aromatic rings. The van der Waals surface area contributed by atoms with E-state index >= 15 is 0 Å². The minimum atomic E-state index is -1.02. The minimum absolute atomic E-state index is 0.0970. The molecule has 0 saturated carbocycles. The van der Waals surface area contributed by atoms with Crippen LogP contribution in [-0.2, 0) is 12.8 Å². The smallest absolute Gasteiger partial charge is 0.356 e. The molecule has 0 saturated heterocycles. The highest BCUT2D eigenvalue weighted by molar-refractivity contribution is 9.10. The molecule has 1 aromatic carbocycles. The number of fused-ring (bicyclic) bond motifs is 1. The van der Waals surface area contributed by atoms with Crippen LogP contribution in [0.5, 0.6) is 0 Å². The average Bonchev–Trinajstić information content (AvgIpc) is 2.78. The SMILES string of the molecule is O=C(O)c1nn(-c2c(Cl)cc(Br)cc2Cl)c2c1CCCC2. The third-order valence-electron chi connectivity index (χ3n) is 3.58. The van der Waals surface area contributed by atoms with Gasteiger partial charge in [-0.05, 0) is 37.8 Å². The van der Waals surface area contributed by atoms with E-state index in [0.29, 0.717) is 15.7 Å². The summed E-state index contributed by atoms with van der Waals surface area (Å²) in [6.45, 7) is 0. The molecular formula is C14H11BrCl2N2O2. The number of aromatic carboxylic acids is 1.